The SMILES string of the molecule is CC(=O)C(=O)O.O=C(O)CC(O)(CC(=O)O)C(=O)O.O=C(O)CCC(=O)C(=O)O. The lowest BCUT2D eigenvalue weighted by Gasteiger charge is -2.18. The van der Waals surface area contributed by atoms with E-state index in [4.69, 9.17) is 35.7 Å². The Hall–Kier alpha value is -3.88. The molecule has 164 valence electrons. The minimum absolute atomic E-state index is 0.425. The molecule has 0 aromatic rings. The Bertz CT molecular complexity index is 647. The van der Waals surface area contributed by atoms with Crippen molar-refractivity contribution < 1.29 is 74.1 Å². The molecule has 0 aromatic carbocycles. The predicted octanol–water partition coefficient (Wildman–Crippen LogP) is -2.08. The molecule has 7 N–H and O–H groups in total. The molecule has 29 heavy (non-hydrogen) atoms. The lowest BCUT2D eigenvalue weighted by Crippen LogP contribution is -2.42. The first-order valence-corrected chi connectivity index (χ1v) is 7.07. The molecule has 0 fully saturated rings. The van der Waals surface area contributed by atoms with Crippen LogP contribution in [0, 0.1) is 0 Å². The number of carboxylic acids is 6. The molecule has 0 aromatic heterocycles. The molecule has 0 saturated heterocycles. The van der Waals surface area contributed by atoms with E-state index in [1.807, 2.05) is 0 Å². The summed E-state index contributed by atoms with van der Waals surface area (Å²) in [6.07, 6.45) is -3.15. The molecule has 0 atom stereocenters. The largest absolute Gasteiger partial charge is 0.481 e. The lowest BCUT2D eigenvalue weighted by atomic mass is 9.96. The number of hydrogen-bond donors (Lipinski definition) is 7. The van der Waals surface area contributed by atoms with E-state index in [0.29, 0.717) is 0 Å². The van der Waals surface area contributed by atoms with Gasteiger partial charge < -0.3 is 35.7 Å². The third kappa shape index (κ3) is 18.7. The Balaban J connectivity index is -0.000000375. The summed E-state index contributed by atoms with van der Waals surface area (Å²) in [6.45, 7) is 1.00. The number of aliphatic carboxylic acids is 6. The van der Waals surface area contributed by atoms with Crippen molar-refractivity contribution in [1.82, 2.24) is 0 Å². The summed E-state index contributed by atoms with van der Waals surface area (Å²) < 4.78 is 0. The first-order valence-electron chi connectivity index (χ1n) is 7.07. The maximum atomic E-state index is 10.3. The molecule has 0 aliphatic rings. The summed E-state index contributed by atoms with van der Waals surface area (Å²) in [7, 11) is 0. The predicted molar refractivity (Wildman–Crippen MR) is 84.9 cm³/mol. The van der Waals surface area contributed by atoms with Crippen molar-refractivity contribution in [3.63, 3.8) is 0 Å². The summed E-state index contributed by atoms with van der Waals surface area (Å²) in [4.78, 5) is 79.1. The third-order valence-corrected chi connectivity index (χ3v) is 2.39. The van der Waals surface area contributed by atoms with Crippen molar-refractivity contribution in [3.05, 3.63) is 0 Å². The highest BCUT2D eigenvalue weighted by Crippen LogP contribution is 2.15. The van der Waals surface area contributed by atoms with E-state index in [-0.39, 0.29) is 0 Å². The number of hydrogen-bond acceptors (Lipinski definition) is 9. The lowest BCUT2D eigenvalue weighted by molar-refractivity contribution is -0.170. The summed E-state index contributed by atoms with van der Waals surface area (Å²) in [5.41, 5.74) is -2.74. The zero-order chi connectivity index (χ0) is 23.9. The Labute approximate surface area is 160 Å². The smallest absolute Gasteiger partial charge is 0.372 e. The van der Waals surface area contributed by atoms with Crippen molar-refractivity contribution in [3.8, 4) is 0 Å². The van der Waals surface area contributed by atoms with Gasteiger partial charge in [0.05, 0.1) is 19.3 Å². The number of carbonyl (C=O) groups excluding carboxylic acids is 2. The van der Waals surface area contributed by atoms with E-state index in [9.17, 15) is 38.4 Å². The van der Waals surface area contributed by atoms with Crippen LogP contribution in [0.4, 0.5) is 0 Å². The third-order valence-electron chi connectivity index (χ3n) is 2.39. The summed E-state index contributed by atoms with van der Waals surface area (Å²) >= 11 is 0. The molecule has 0 spiro atoms. The first kappa shape index (κ1) is 29.9. The Morgan fingerprint density at radius 3 is 1.14 bits per heavy atom. The van der Waals surface area contributed by atoms with Gasteiger partial charge in [0, 0.05) is 13.3 Å². The first-order chi connectivity index (χ1) is 13.0. The number of rotatable bonds is 10. The van der Waals surface area contributed by atoms with Crippen LogP contribution in [0.5, 0.6) is 0 Å². The fourth-order valence-electron chi connectivity index (χ4n) is 1.04. The van der Waals surface area contributed by atoms with Gasteiger partial charge in [-0.2, -0.15) is 0 Å². The zero-order valence-electron chi connectivity index (χ0n) is 14.7. The van der Waals surface area contributed by atoms with E-state index < -0.39 is 78.7 Å². The topological polar surface area (TPSA) is 278 Å². The maximum Gasteiger partial charge on any atom is 0.372 e. The fraction of sp³-hybridized carbons (Fsp3) is 0.429. The van der Waals surface area contributed by atoms with Crippen molar-refractivity contribution in [1.29, 1.82) is 0 Å². The highest BCUT2D eigenvalue weighted by atomic mass is 16.4. The van der Waals surface area contributed by atoms with Gasteiger partial charge in [0.1, 0.15) is 0 Å². The second-order valence-electron chi connectivity index (χ2n) is 4.96. The molecule has 0 aliphatic heterocycles. The average molecular weight is 426 g/mol. The van der Waals surface area contributed by atoms with Crippen molar-refractivity contribution in [2.45, 2.75) is 38.2 Å². The molecule has 15 nitrogen and oxygen atoms in total. The quantitative estimate of drug-likeness (QED) is 0.184. The number of carboxylic acid groups (broad SMARTS) is 6. The van der Waals surface area contributed by atoms with E-state index in [1.165, 1.54) is 0 Å². The van der Waals surface area contributed by atoms with Crippen LogP contribution in [0.3, 0.4) is 0 Å². The van der Waals surface area contributed by atoms with Crippen LogP contribution in [-0.2, 0) is 38.4 Å². The molecule has 0 unspecified atom stereocenters. The average Bonchev–Trinajstić information content (AvgIpc) is 2.51. The van der Waals surface area contributed by atoms with Crippen LogP contribution in [0.25, 0.3) is 0 Å². The van der Waals surface area contributed by atoms with Crippen LogP contribution < -0.4 is 0 Å². The van der Waals surface area contributed by atoms with E-state index in [1.54, 1.807) is 0 Å². The van der Waals surface area contributed by atoms with Gasteiger partial charge in [0.25, 0.3) is 0 Å². The van der Waals surface area contributed by atoms with E-state index >= 15 is 0 Å². The van der Waals surface area contributed by atoms with Crippen molar-refractivity contribution in [2.24, 2.45) is 0 Å². The highest BCUT2D eigenvalue weighted by molar-refractivity contribution is 6.32. The number of ketones is 2. The van der Waals surface area contributed by atoms with E-state index in [0.717, 1.165) is 6.92 Å². The minimum Gasteiger partial charge on any atom is -0.481 e. The van der Waals surface area contributed by atoms with Crippen molar-refractivity contribution >= 4 is 47.4 Å². The molecule has 0 amide bonds. The highest BCUT2D eigenvalue weighted by Gasteiger charge is 2.40. The van der Waals surface area contributed by atoms with Gasteiger partial charge in [-0.25, -0.2) is 14.4 Å². The number of carbonyl (C=O) groups is 8. The standard InChI is InChI=1S/C6H8O7.C5H6O5.C3H4O3/c7-3(8)1-6(13,5(11)12)2-4(9)10;6-3(5(9)10)1-2-4(7)8;1-2(4)3(5)6/h13H,1-2H2,(H,7,8)(H,9,10)(H,11,12);1-2H2,(H,7,8)(H,9,10);1H3,(H,5,6). The van der Waals surface area contributed by atoms with Crippen LogP contribution in [0.2, 0.25) is 0 Å². The Kier molecular flexibility index (Phi) is 14.6. The number of Topliss-reactive ketones (excluding diaryl/α,β-unsaturated/α-hetero) is 2. The van der Waals surface area contributed by atoms with Gasteiger partial charge in [-0.3, -0.25) is 24.0 Å². The molecule has 0 rings (SSSR count). The van der Waals surface area contributed by atoms with Gasteiger partial charge in [0.15, 0.2) is 5.60 Å². The van der Waals surface area contributed by atoms with Crippen molar-refractivity contribution in [2.75, 3.05) is 0 Å². The van der Waals surface area contributed by atoms with E-state index in [2.05, 4.69) is 0 Å². The zero-order valence-corrected chi connectivity index (χ0v) is 14.7. The molecule has 0 saturated carbocycles. The summed E-state index contributed by atoms with van der Waals surface area (Å²) in [6, 6.07) is 0. The minimum atomic E-state index is -2.74. The molecule has 0 aliphatic carbocycles. The van der Waals surface area contributed by atoms with Crippen LogP contribution in [-0.4, -0.2) is 88.7 Å². The van der Waals surface area contributed by atoms with Gasteiger partial charge in [0.2, 0.25) is 11.6 Å². The Morgan fingerprint density at radius 1 is 0.621 bits per heavy atom. The second-order valence-corrected chi connectivity index (χ2v) is 4.96. The van der Waals surface area contributed by atoms with Gasteiger partial charge >= 0.3 is 35.8 Å². The normalized spacial score (nSPS) is 9.45. The van der Waals surface area contributed by atoms with Gasteiger partial charge in [-0.1, -0.05) is 0 Å². The van der Waals surface area contributed by atoms with Crippen LogP contribution in [0.15, 0.2) is 0 Å². The molecular formula is C14H18O15. The molecule has 0 heterocycles. The molecule has 0 bridgehead atoms. The molecule has 0 radical (unpaired) electrons. The Morgan fingerprint density at radius 2 is 0.966 bits per heavy atom. The van der Waals surface area contributed by atoms with Crippen LogP contribution in [0.1, 0.15) is 32.6 Å². The maximum absolute atomic E-state index is 10.3. The monoisotopic (exact) mass is 426 g/mol. The summed E-state index contributed by atoms with van der Waals surface area (Å²) in [5.74, 6) is -11.0. The van der Waals surface area contributed by atoms with Gasteiger partial charge in [-0.15, -0.1) is 0 Å². The molecule has 15 heteroatoms. The fourth-order valence-corrected chi connectivity index (χ4v) is 1.04. The summed E-state index contributed by atoms with van der Waals surface area (Å²) in [5, 5.41) is 57.4. The second kappa shape index (κ2) is 14.2. The molecular weight excluding hydrogens is 408 g/mol. The van der Waals surface area contributed by atoms with Gasteiger partial charge in [-0.05, 0) is 0 Å². The van der Waals surface area contributed by atoms with Crippen LogP contribution >= 0.6 is 0 Å². The number of aliphatic hydroxyl groups is 1.